The molecule has 0 N–H and O–H groups in total. The van der Waals surface area contributed by atoms with Gasteiger partial charge in [-0.25, -0.2) is 0 Å². The van der Waals surface area contributed by atoms with Crippen LogP contribution in [0, 0.1) is 0 Å². The molecule has 0 spiro atoms. The minimum absolute atomic E-state index is 0.382. The monoisotopic (exact) mass is 259 g/mol. The van der Waals surface area contributed by atoms with Crippen LogP contribution in [0.15, 0.2) is 12.4 Å². The van der Waals surface area contributed by atoms with E-state index in [1.54, 1.807) is 26.6 Å². The van der Waals surface area contributed by atoms with Gasteiger partial charge in [-0.1, -0.05) is 22.9 Å². The average molecular weight is 260 g/mol. The second-order valence-corrected chi connectivity index (χ2v) is 4.57. The van der Waals surface area contributed by atoms with Crippen LogP contribution >= 0.6 is 15.9 Å². The molecule has 4 heteroatoms. The van der Waals surface area contributed by atoms with Gasteiger partial charge in [-0.05, 0) is 6.42 Å². The SMILES string of the molecule is COc1cncc(OC)c1CC(C)Br. The maximum absolute atomic E-state index is 5.23. The maximum Gasteiger partial charge on any atom is 0.144 e. The number of methoxy groups -OCH3 is 2. The molecule has 0 aliphatic rings. The van der Waals surface area contributed by atoms with Gasteiger partial charge < -0.3 is 9.47 Å². The van der Waals surface area contributed by atoms with E-state index in [9.17, 15) is 0 Å². The van der Waals surface area contributed by atoms with Crippen LogP contribution in [0.25, 0.3) is 0 Å². The highest BCUT2D eigenvalue weighted by Crippen LogP contribution is 2.29. The zero-order valence-corrected chi connectivity index (χ0v) is 10.2. The Morgan fingerprint density at radius 1 is 1.29 bits per heavy atom. The molecule has 0 aliphatic heterocycles. The Bertz CT molecular complexity index is 280. The van der Waals surface area contributed by atoms with Crippen molar-refractivity contribution >= 4 is 15.9 Å². The van der Waals surface area contributed by atoms with E-state index in [1.807, 2.05) is 0 Å². The average Bonchev–Trinajstić information content (AvgIpc) is 2.17. The zero-order valence-electron chi connectivity index (χ0n) is 8.58. The second-order valence-electron chi connectivity index (χ2n) is 3.01. The van der Waals surface area contributed by atoms with Gasteiger partial charge in [0.1, 0.15) is 11.5 Å². The minimum atomic E-state index is 0.382. The van der Waals surface area contributed by atoms with E-state index >= 15 is 0 Å². The molecule has 0 fully saturated rings. The summed E-state index contributed by atoms with van der Waals surface area (Å²) in [6, 6.07) is 0. The molecule has 1 heterocycles. The smallest absolute Gasteiger partial charge is 0.144 e. The Labute approximate surface area is 92.6 Å². The number of rotatable bonds is 4. The van der Waals surface area contributed by atoms with Crippen LogP contribution in [0.3, 0.4) is 0 Å². The van der Waals surface area contributed by atoms with Crippen molar-refractivity contribution in [3.8, 4) is 11.5 Å². The van der Waals surface area contributed by atoms with Crippen molar-refractivity contribution in [3.63, 3.8) is 0 Å². The quantitative estimate of drug-likeness (QED) is 0.779. The summed E-state index contributed by atoms with van der Waals surface area (Å²) >= 11 is 3.51. The lowest BCUT2D eigenvalue weighted by Crippen LogP contribution is -2.03. The van der Waals surface area contributed by atoms with Crippen LogP contribution < -0.4 is 9.47 Å². The predicted molar refractivity (Wildman–Crippen MR) is 59.4 cm³/mol. The first-order valence-corrected chi connectivity index (χ1v) is 5.29. The first-order valence-electron chi connectivity index (χ1n) is 4.38. The molecule has 0 bridgehead atoms. The van der Waals surface area contributed by atoms with E-state index in [0.29, 0.717) is 4.83 Å². The molecule has 1 rings (SSSR count). The number of ether oxygens (including phenoxy) is 2. The molecule has 0 radical (unpaired) electrons. The number of aromatic nitrogens is 1. The van der Waals surface area contributed by atoms with Crippen LogP contribution in [0.2, 0.25) is 0 Å². The van der Waals surface area contributed by atoms with Crippen molar-refractivity contribution in [2.45, 2.75) is 18.2 Å². The van der Waals surface area contributed by atoms with Gasteiger partial charge in [0.05, 0.1) is 26.6 Å². The molecule has 1 atom stereocenters. The van der Waals surface area contributed by atoms with Gasteiger partial charge >= 0.3 is 0 Å². The lowest BCUT2D eigenvalue weighted by molar-refractivity contribution is 0.382. The molecule has 1 unspecified atom stereocenters. The van der Waals surface area contributed by atoms with Gasteiger partial charge in [0, 0.05) is 10.4 Å². The summed E-state index contributed by atoms with van der Waals surface area (Å²) in [4.78, 5) is 4.41. The third-order valence-corrected chi connectivity index (χ3v) is 2.23. The van der Waals surface area contributed by atoms with Crippen LogP contribution in [0.1, 0.15) is 12.5 Å². The van der Waals surface area contributed by atoms with Crippen LogP contribution in [0.4, 0.5) is 0 Å². The largest absolute Gasteiger partial charge is 0.495 e. The fourth-order valence-electron chi connectivity index (χ4n) is 1.28. The highest BCUT2D eigenvalue weighted by Gasteiger charge is 2.12. The molecule has 0 aliphatic carbocycles. The van der Waals surface area contributed by atoms with Gasteiger partial charge in [0.15, 0.2) is 0 Å². The maximum atomic E-state index is 5.23. The third kappa shape index (κ3) is 2.61. The van der Waals surface area contributed by atoms with E-state index in [-0.39, 0.29) is 0 Å². The van der Waals surface area contributed by atoms with Gasteiger partial charge in [-0.15, -0.1) is 0 Å². The molecule has 1 aromatic heterocycles. The van der Waals surface area contributed by atoms with E-state index in [1.165, 1.54) is 0 Å². The Hall–Kier alpha value is -0.770. The van der Waals surface area contributed by atoms with E-state index < -0.39 is 0 Å². The topological polar surface area (TPSA) is 31.4 Å². The fraction of sp³-hybridized carbons (Fsp3) is 0.500. The number of alkyl halides is 1. The first kappa shape index (κ1) is 11.3. The van der Waals surface area contributed by atoms with Crippen molar-refractivity contribution in [1.29, 1.82) is 0 Å². The normalized spacial score (nSPS) is 12.3. The number of hydrogen-bond acceptors (Lipinski definition) is 3. The molecule has 0 saturated carbocycles. The van der Waals surface area contributed by atoms with Crippen LogP contribution in [-0.4, -0.2) is 24.0 Å². The van der Waals surface area contributed by atoms with Crippen molar-refractivity contribution in [1.82, 2.24) is 4.98 Å². The number of pyridine rings is 1. The lowest BCUT2D eigenvalue weighted by Gasteiger charge is -2.12. The molecule has 78 valence electrons. The van der Waals surface area contributed by atoms with Gasteiger partial charge in [0.2, 0.25) is 0 Å². The molecule has 14 heavy (non-hydrogen) atoms. The standard InChI is InChI=1S/C10H14BrNO2/c1-7(11)4-8-9(13-2)5-12-6-10(8)14-3/h5-7H,4H2,1-3H3. The summed E-state index contributed by atoms with van der Waals surface area (Å²) in [5.41, 5.74) is 1.05. The lowest BCUT2D eigenvalue weighted by atomic mass is 10.1. The molecular weight excluding hydrogens is 246 g/mol. The third-order valence-electron chi connectivity index (χ3n) is 1.90. The van der Waals surface area contributed by atoms with Crippen molar-refractivity contribution < 1.29 is 9.47 Å². The fourth-order valence-corrected chi connectivity index (χ4v) is 1.61. The van der Waals surface area contributed by atoms with Crippen molar-refractivity contribution in [3.05, 3.63) is 18.0 Å². The first-order chi connectivity index (χ1) is 6.69. The summed E-state index contributed by atoms with van der Waals surface area (Å²) in [5.74, 6) is 1.55. The minimum Gasteiger partial charge on any atom is -0.495 e. The molecular formula is C10H14BrNO2. The molecule has 0 saturated heterocycles. The number of nitrogens with zero attached hydrogens (tertiary/aromatic N) is 1. The van der Waals surface area contributed by atoms with E-state index in [4.69, 9.17) is 9.47 Å². The molecule has 1 aromatic rings. The summed E-state index contributed by atoms with van der Waals surface area (Å²) < 4.78 is 10.5. The van der Waals surface area contributed by atoms with Crippen LogP contribution in [0.5, 0.6) is 11.5 Å². The molecule has 3 nitrogen and oxygen atoms in total. The zero-order chi connectivity index (χ0) is 10.6. The van der Waals surface area contributed by atoms with Crippen molar-refractivity contribution in [2.75, 3.05) is 14.2 Å². The van der Waals surface area contributed by atoms with Gasteiger partial charge in [-0.2, -0.15) is 0 Å². The van der Waals surface area contributed by atoms with Gasteiger partial charge in [-0.3, -0.25) is 4.98 Å². The predicted octanol–water partition coefficient (Wildman–Crippen LogP) is 2.42. The molecule has 0 amide bonds. The highest BCUT2D eigenvalue weighted by molar-refractivity contribution is 9.09. The molecule has 0 aromatic carbocycles. The Balaban J connectivity index is 3.05. The Morgan fingerprint density at radius 3 is 2.14 bits per heavy atom. The van der Waals surface area contributed by atoms with E-state index in [0.717, 1.165) is 23.5 Å². The van der Waals surface area contributed by atoms with Crippen LogP contribution in [-0.2, 0) is 6.42 Å². The van der Waals surface area contributed by atoms with Crippen molar-refractivity contribution in [2.24, 2.45) is 0 Å². The number of hydrogen-bond donors (Lipinski definition) is 0. The highest BCUT2D eigenvalue weighted by atomic mass is 79.9. The number of halogens is 1. The summed E-state index contributed by atoms with van der Waals surface area (Å²) in [6.45, 7) is 2.08. The summed E-state index contributed by atoms with van der Waals surface area (Å²) in [5, 5.41) is 0. The summed E-state index contributed by atoms with van der Waals surface area (Å²) in [6.07, 6.45) is 4.26. The Morgan fingerprint density at radius 2 is 1.79 bits per heavy atom. The second kappa shape index (κ2) is 5.20. The van der Waals surface area contributed by atoms with E-state index in [2.05, 4.69) is 27.8 Å². The Kier molecular flexibility index (Phi) is 4.20. The summed E-state index contributed by atoms with van der Waals surface area (Å²) in [7, 11) is 3.28. The van der Waals surface area contributed by atoms with Gasteiger partial charge in [0.25, 0.3) is 0 Å².